The Morgan fingerprint density at radius 1 is 0.968 bits per heavy atom. The van der Waals surface area contributed by atoms with Crippen molar-refractivity contribution in [3.63, 3.8) is 0 Å². The van der Waals surface area contributed by atoms with Crippen LogP contribution in [0.3, 0.4) is 0 Å². The van der Waals surface area contributed by atoms with Crippen LogP contribution in [0.1, 0.15) is 23.6 Å². The minimum atomic E-state index is -0.279. The summed E-state index contributed by atoms with van der Waals surface area (Å²) in [4.78, 5) is 17.0. The molecule has 0 aliphatic carbocycles. The number of carbonyl (C=O) groups excluding carboxylic acids is 1. The average Bonchev–Trinajstić information content (AvgIpc) is 2.78. The molecule has 0 radical (unpaired) electrons. The zero-order valence-electron chi connectivity index (χ0n) is 17.7. The van der Waals surface area contributed by atoms with Crippen LogP contribution in [0.15, 0.2) is 78.0 Å². The summed E-state index contributed by atoms with van der Waals surface area (Å²) in [5, 5.41) is 6.60. The third-order valence-electron chi connectivity index (χ3n) is 4.31. The van der Waals surface area contributed by atoms with E-state index in [0.717, 1.165) is 11.1 Å². The van der Waals surface area contributed by atoms with Gasteiger partial charge in [-0.15, -0.1) is 0 Å². The maximum Gasteiger partial charge on any atom is 0.265 e. The number of nitrogens with one attached hydrogen (secondary N) is 1. The van der Waals surface area contributed by atoms with E-state index >= 15 is 0 Å². The van der Waals surface area contributed by atoms with Gasteiger partial charge in [-0.3, -0.25) is 4.79 Å². The number of ether oxygens (including phenoxy) is 2. The molecule has 0 unspecified atom stereocenters. The van der Waals surface area contributed by atoms with E-state index in [9.17, 15) is 4.79 Å². The number of carbonyl (C=O) groups is 1. The minimum Gasteiger partial charge on any atom is -0.490 e. The summed E-state index contributed by atoms with van der Waals surface area (Å²) in [6.45, 7) is 4.75. The van der Waals surface area contributed by atoms with E-state index in [-0.39, 0.29) is 12.5 Å². The molecule has 0 fully saturated rings. The van der Waals surface area contributed by atoms with E-state index in [1.54, 1.807) is 12.1 Å². The van der Waals surface area contributed by atoms with Gasteiger partial charge in [-0.1, -0.05) is 53.2 Å². The van der Waals surface area contributed by atoms with Crippen LogP contribution < -0.4 is 14.8 Å². The second kappa shape index (κ2) is 11.4. The SMILES string of the molecule is CCOc1cc(C=NOCC(=O)Nc2ccccc2)ccc1OCc1ccc(C)cc1. The molecule has 31 heavy (non-hydrogen) atoms. The molecule has 0 aliphatic heterocycles. The Balaban J connectivity index is 1.54. The number of aryl methyl sites for hydroxylation is 1. The minimum absolute atomic E-state index is 0.179. The van der Waals surface area contributed by atoms with Crippen molar-refractivity contribution in [2.75, 3.05) is 18.5 Å². The van der Waals surface area contributed by atoms with Crippen molar-refractivity contribution in [3.8, 4) is 11.5 Å². The van der Waals surface area contributed by atoms with Gasteiger partial charge in [0.05, 0.1) is 12.8 Å². The van der Waals surface area contributed by atoms with E-state index in [1.165, 1.54) is 11.8 Å². The van der Waals surface area contributed by atoms with Crippen LogP contribution in [-0.2, 0) is 16.2 Å². The molecule has 6 heteroatoms. The zero-order valence-corrected chi connectivity index (χ0v) is 17.7. The zero-order chi connectivity index (χ0) is 21.9. The molecular formula is C25H26N2O4. The Bertz CT molecular complexity index is 1000. The first kappa shape index (κ1) is 21.9. The molecule has 0 saturated carbocycles. The molecule has 0 heterocycles. The molecule has 0 aromatic heterocycles. The predicted octanol–water partition coefficient (Wildman–Crippen LogP) is 4.96. The van der Waals surface area contributed by atoms with Crippen LogP contribution in [0.5, 0.6) is 11.5 Å². The fourth-order valence-electron chi connectivity index (χ4n) is 2.75. The molecular weight excluding hydrogens is 392 g/mol. The highest BCUT2D eigenvalue weighted by Gasteiger charge is 2.07. The molecule has 0 atom stereocenters. The van der Waals surface area contributed by atoms with Crippen LogP contribution in [0, 0.1) is 6.92 Å². The third kappa shape index (κ3) is 7.19. The van der Waals surface area contributed by atoms with Crippen LogP contribution in [0.4, 0.5) is 5.69 Å². The highest BCUT2D eigenvalue weighted by molar-refractivity contribution is 5.91. The number of hydrogen-bond donors (Lipinski definition) is 1. The lowest BCUT2D eigenvalue weighted by atomic mass is 10.2. The maximum atomic E-state index is 11.9. The molecule has 0 bridgehead atoms. The van der Waals surface area contributed by atoms with Crippen LogP contribution in [0.2, 0.25) is 0 Å². The first-order valence-electron chi connectivity index (χ1n) is 10.1. The molecule has 3 aromatic rings. The molecule has 0 saturated heterocycles. The van der Waals surface area contributed by atoms with Gasteiger partial charge in [0.25, 0.3) is 5.91 Å². The van der Waals surface area contributed by atoms with E-state index in [4.69, 9.17) is 14.3 Å². The fourth-order valence-corrected chi connectivity index (χ4v) is 2.75. The largest absolute Gasteiger partial charge is 0.490 e. The predicted molar refractivity (Wildman–Crippen MR) is 122 cm³/mol. The van der Waals surface area contributed by atoms with Crippen molar-refractivity contribution in [2.24, 2.45) is 5.16 Å². The fraction of sp³-hybridized carbons (Fsp3) is 0.200. The van der Waals surface area contributed by atoms with Crippen molar-refractivity contribution >= 4 is 17.8 Å². The Kier molecular flexibility index (Phi) is 8.05. The average molecular weight is 418 g/mol. The Morgan fingerprint density at radius 2 is 1.74 bits per heavy atom. The molecule has 6 nitrogen and oxygen atoms in total. The van der Waals surface area contributed by atoms with Gasteiger partial charge < -0.3 is 19.6 Å². The van der Waals surface area contributed by atoms with Gasteiger partial charge in [0.1, 0.15) is 6.61 Å². The van der Waals surface area contributed by atoms with Gasteiger partial charge in [-0.25, -0.2) is 0 Å². The first-order valence-corrected chi connectivity index (χ1v) is 10.1. The number of nitrogens with zero attached hydrogens (tertiary/aromatic N) is 1. The standard InChI is InChI=1S/C25H26N2O4/c1-3-29-24-15-21(13-14-23(24)30-17-20-11-9-19(2)10-12-20)16-26-31-18-25(28)27-22-7-5-4-6-8-22/h4-16H,3,17-18H2,1-2H3,(H,27,28). The van der Waals surface area contributed by atoms with Gasteiger partial charge in [-0.2, -0.15) is 0 Å². The van der Waals surface area contributed by atoms with Crippen LogP contribution in [-0.4, -0.2) is 25.3 Å². The second-order valence-electron chi connectivity index (χ2n) is 6.84. The number of benzene rings is 3. The molecule has 1 amide bonds. The first-order chi connectivity index (χ1) is 15.1. The van der Waals surface area contributed by atoms with E-state index < -0.39 is 0 Å². The van der Waals surface area contributed by atoms with Gasteiger partial charge in [0.15, 0.2) is 18.1 Å². The Labute approximate surface area is 182 Å². The van der Waals surface area contributed by atoms with E-state index in [0.29, 0.717) is 30.4 Å². The summed E-state index contributed by atoms with van der Waals surface area (Å²) in [5.41, 5.74) is 3.78. The lowest BCUT2D eigenvalue weighted by Gasteiger charge is -2.12. The normalized spacial score (nSPS) is 10.6. The topological polar surface area (TPSA) is 69.2 Å². The summed E-state index contributed by atoms with van der Waals surface area (Å²) < 4.78 is 11.6. The van der Waals surface area contributed by atoms with Gasteiger partial charge in [-0.05, 0) is 49.7 Å². The highest BCUT2D eigenvalue weighted by atomic mass is 16.6. The number of hydrogen-bond acceptors (Lipinski definition) is 5. The van der Waals surface area contributed by atoms with Gasteiger partial charge >= 0.3 is 0 Å². The summed E-state index contributed by atoms with van der Waals surface area (Å²) in [7, 11) is 0. The number of oxime groups is 1. The lowest BCUT2D eigenvalue weighted by Crippen LogP contribution is -2.16. The van der Waals surface area contributed by atoms with Crippen LogP contribution in [0.25, 0.3) is 0 Å². The molecule has 1 N–H and O–H groups in total. The van der Waals surface area contributed by atoms with Crippen molar-refractivity contribution in [1.82, 2.24) is 0 Å². The summed E-state index contributed by atoms with van der Waals surface area (Å²) in [5.74, 6) is 1.00. The summed E-state index contributed by atoms with van der Waals surface area (Å²) in [6, 6.07) is 22.9. The molecule has 160 valence electrons. The Hall–Kier alpha value is -3.80. The smallest absolute Gasteiger partial charge is 0.265 e. The number of anilines is 1. The maximum absolute atomic E-state index is 11.9. The lowest BCUT2D eigenvalue weighted by molar-refractivity contribution is -0.120. The van der Waals surface area contributed by atoms with Gasteiger partial charge in [0, 0.05) is 11.3 Å². The third-order valence-corrected chi connectivity index (χ3v) is 4.31. The number of rotatable bonds is 10. The van der Waals surface area contributed by atoms with Crippen LogP contribution >= 0.6 is 0 Å². The molecule has 3 rings (SSSR count). The summed E-state index contributed by atoms with van der Waals surface area (Å²) >= 11 is 0. The van der Waals surface area contributed by atoms with E-state index in [2.05, 4.69) is 29.5 Å². The van der Waals surface area contributed by atoms with Crippen molar-refractivity contribution in [3.05, 3.63) is 89.5 Å². The highest BCUT2D eigenvalue weighted by Crippen LogP contribution is 2.29. The Morgan fingerprint density at radius 3 is 2.48 bits per heavy atom. The number of amides is 1. The quantitative estimate of drug-likeness (QED) is 0.373. The van der Waals surface area contributed by atoms with Crippen molar-refractivity contribution in [1.29, 1.82) is 0 Å². The molecule has 0 aliphatic rings. The molecule has 3 aromatic carbocycles. The van der Waals surface area contributed by atoms with Crippen molar-refractivity contribution in [2.45, 2.75) is 20.5 Å². The monoisotopic (exact) mass is 418 g/mol. The summed E-state index contributed by atoms with van der Waals surface area (Å²) in [6.07, 6.45) is 1.53. The van der Waals surface area contributed by atoms with E-state index in [1.807, 2.05) is 55.5 Å². The molecule has 0 spiro atoms. The second-order valence-corrected chi connectivity index (χ2v) is 6.84. The van der Waals surface area contributed by atoms with Gasteiger partial charge in [0.2, 0.25) is 0 Å². The number of para-hydroxylation sites is 1. The van der Waals surface area contributed by atoms with Crippen molar-refractivity contribution < 1.29 is 19.1 Å².